The molecule has 206 valence electrons. The van der Waals surface area contributed by atoms with Crippen LogP contribution in [0.5, 0.6) is 17.2 Å². The van der Waals surface area contributed by atoms with Gasteiger partial charge in [-0.15, -0.1) is 0 Å². The van der Waals surface area contributed by atoms with E-state index < -0.39 is 0 Å². The monoisotopic (exact) mass is 580 g/mol. The van der Waals surface area contributed by atoms with Gasteiger partial charge < -0.3 is 24.6 Å². The maximum atomic E-state index is 10.7. The fraction of sp³-hybridized carbons (Fsp3) is 0.152. The molecule has 0 saturated carbocycles. The summed E-state index contributed by atoms with van der Waals surface area (Å²) in [4.78, 5) is 6.81. The molecule has 5 aromatic rings. The lowest BCUT2D eigenvalue weighted by molar-refractivity contribution is 0.471. The van der Waals surface area contributed by atoms with Crippen LogP contribution in [-0.4, -0.2) is 19.8 Å². The zero-order chi connectivity index (χ0) is 28.7. The first-order valence-corrected chi connectivity index (χ1v) is 14.1. The van der Waals surface area contributed by atoms with Gasteiger partial charge in [0.1, 0.15) is 17.2 Å². The Kier molecular flexibility index (Phi) is 7.15. The number of anilines is 1. The van der Waals surface area contributed by atoms with Gasteiger partial charge in [0.2, 0.25) is 0 Å². The lowest BCUT2D eigenvalue weighted by atomic mass is 9.96. The molecule has 1 aliphatic heterocycles. The van der Waals surface area contributed by atoms with Crippen LogP contribution < -0.4 is 15.0 Å². The van der Waals surface area contributed by atoms with Crippen molar-refractivity contribution in [2.45, 2.75) is 32.9 Å². The number of phenols is 1. The lowest BCUT2D eigenvalue weighted by Crippen LogP contribution is -2.29. The van der Waals surface area contributed by atoms with Crippen LogP contribution >= 0.6 is 23.8 Å². The number of aromatic nitrogens is 2. The van der Waals surface area contributed by atoms with E-state index in [0.29, 0.717) is 15.8 Å². The molecule has 41 heavy (non-hydrogen) atoms. The third-order valence-corrected chi connectivity index (χ3v) is 8.05. The smallest absolute Gasteiger partial charge is 0.174 e. The molecule has 8 heteroatoms. The van der Waals surface area contributed by atoms with Crippen molar-refractivity contribution >= 4 is 34.6 Å². The van der Waals surface area contributed by atoms with Gasteiger partial charge in [0.25, 0.3) is 0 Å². The molecule has 6 rings (SSSR count). The zero-order valence-corrected chi connectivity index (χ0v) is 24.4. The number of thiocarbonyl (C=S) groups is 1. The second-order valence-corrected chi connectivity index (χ2v) is 11.0. The van der Waals surface area contributed by atoms with Crippen LogP contribution in [0.15, 0.2) is 97.2 Å². The van der Waals surface area contributed by atoms with Crippen LogP contribution in [0.1, 0.15) is 40.3 Å². The Morgan fingerprint density at radius 1 is 0.927 bits per heavy atom. The van der Waals surface area contributed by atoms with Crippen LogP contribution in [0, 0.1) is 20.8 Å². The van der Waals surface area contributed by atoms with Gasteiger partial charge in [-0.3, -0.25) is 4.98 Å². The number of rotatable bonds is 6. The van der Waals surface area contributed by atoms with Gasteiger partial charge in [0, 0.05) is 28.3 Å². The van der Waals surface area contributed by atoms with E-state index in [1.165, 1.54) is 0 Å². The van der Waals surface area contributed by atoms with E-state index in [1.54, 1.807) is 24.4 Å². The molecular formula is C33H29ClN4O2S. The largest absolute Gasteiger partial charge is 0.506 e. The molecule has 1 aliphatic rings. The molecule has 0 unspecified atom stereocenters. The molecule has 2 atom stereocenters. The Hall–Kier alpha value is -4.33. The van der Waals surface area contributed by atoms with Crippen molar-refractivity contribution in [3.63, 3.8) is 0 Å². The number of pyridine rings is 1. The van der Waals surface area contributed by atoms with Crippen molar-refractivity contribution in [2.24, 2.45) is 0 Å². The Balaban J connectivity index is 1.43. The minimum absolute atomic E-state index is 0.158. The van der Waals surface area contributed by atoms with Crippen LogP contribution in [0.3, 0.4) is 0 Å². The summed E-state index contributed by atoms with van der Waals surface area (Å²) in [5.74, 6) is 1.72. The molecule has 1 fully saturated rings. The van der Waals surface area contributed by atoms with Crippen molar-refractivity contribution in [3.05, 3.63) is 130 Å². The number of phenolic OH excluding ortho intramolecular Hbond substituents is 1. The molecule has 0 amide bonds. The molecule has 2 aromatic heterocycles. The van der Waals surface area contributed by atoms with E-state index in [4.69, 9.17) is 28.6 Å². The third kappa shape index (κ3) is 5.03. The van der Waals surface area contributed by atoms with Gasteiger partial charge in [0.05, 0.1) is 23.5 Å². The molecule has 0 bridgehead atoms. The van der Waals surface area contributed by atoms with Crippen LogP contribution in [0.25, 0.3) is 5.69 Å². The molecule has 1 saturated heterocycles. The number of nitrogens with zero attached hydrogens (tertiary/aromatic N) is 3. The summed E-state index contributed by atoms with van der Waals surface area (Å²) >= 11 is 12.3. The number of hydrogen-bond donors (Lipinski definition) is 2. The van der Waals surface area contributed by atoms with Crippen LogP contribution in [0.4, 0.5) is 5.69 Å². The fourth-order valence-electron chi connectivity index (χ4n) is 5.56. The van der Waals surface area contributed by atoms with E-state index in [2.05, 4.69) is 28.2 Å². The van der Waals surface area contributed by atoms with E-state index in [-0.39, 0.29) is 17.8 Å². The molecule has 3 heterocycles. The number of ether oxygens (including phenoxy) is 1. The van der Waals surface area contributed by atoms with E-state index >= 15 is 0 Å². The number of halogens is 1. The average molecular weight is 581 g/mol. The van der Waals surface area contributed by atoms with Gasteiger partial charge >= 0.3 is 0 Å². The molecule has 0 aliphatic carbocycles. The quantitative estimate of drug-likeness (QED) is 0.198. The highest BCUT2D eigenvalue weighted by Gasteiger charge is 2.42. The summed E-state index contributed by atoms with van der Waals surface area (Å²) in [6.07, 6.45) is 1.80. The topological polar surface area (TPSA) is 62.5 Å². The van der Waals surface area contributed by atoms with Gasteiger partial charge in [-0.25, -0.2) is 0 Å². The summed E-state index contributed by atoms with van der Waals surface area (Å²) in [5, 5.41) is 15.4. The van der Waals surface area contributed by atoms with E-state index in [9.17, 15) is 5.11 Å². The standard InChI is InChI=1S/C33H29ClN4O2S/c1-20-8-4-5-10-30(20)40-25-14-12-24(13-15-25)38-32(31(36-33(38)41)27-9-6-7-17-35-27)26-18-21(2)37(22(26)3)28-19-23(34)11-16-29(28)39/h4-19,31-32,39H,1-3H3,(H,36,41)/t31-,32-/m1/s1. The Bertz CT molecular complexity index is 1740. The minimum Gasteiger partial charge on any atom is -0.506 e. The van der Waals surface area contributed by atoms with Crippen molar-refractivity contribution in [1.82, 2.24) is 14.9 Å². The lowest BCUT2D eigenvalue weighted by Gasteiger charge is -2.28. The van der Waals surface area contributed by atoms with Gasteiger partial charge in [-0.05, 0) is 111 Å². The van der Waals surface area contributed by atoms with Crippen LogP contribution in [0.2, 0.25) is 5.02 Å². The normalized spacial score (nSPS) is 16.6. The Labute approximate surface area is 249 Å². The predicted octanol–water partition coefficient (Wildman–Crippen LogP) is 8.13. The first kappa shape index (κ1) is 26.9. The maximum absolute atomic E-state index is 10.7. The summed E-state index contributed by atoms with van der Waals surface area (Å²) < 4.78 is 8.18. The Morgan fingerprint density at radius 3 is 2.41 bits per heavy atom. The fourth-order valence-corrected chi connectivity index (χ4v) is 6.07. The van der Waals surface area contributed by atoms with E-state index in [0.717, 1.165) is 45.4 Å². The van der Waals surface area contributed by atoms with Gasteiger partial charge in [0.15, 0.2) is 5.11 Å². The third-order valence-electron chi connectivity index (χ3n) is 7.50. The molecular weight excluding hydrogens is 552 g/mol. The van der Waals surface area contributed by atoms with Crippen molar-refractivity contribution in [1.29, 1.82) is 0 Å². The maximum Gasteiger partial charge on any atom is 0.174 e. The zero-order valence-electron chi connectivity index (χ0n) is 22.9. The highest BCUT2D eigenvalue weighted by Crippen LogP contribution is 2.44. The van der Waals surface area contributed by atoms with Gasteiger partial charge in [-0.1, -0.05) is 35.9 Å². The van der Waals surface area contributed by atoms with Crippen LogP contribution in [-0.2, 0) is 0 Å². The molecule has 0 radical (unpaired) electrons. The second kappa shape index (κ2) is 10.9. The number of aryl methyl sites for hydroxylation is 2. The minimum atomic E-state index is -0.207. The molecule has 2 N–H and O–H groups in total. The first-order valence-electron chi connectivity index (χ1n) is 13.3. The number of hydrogen-bond acceptors (Lipinski definition) is 4. The van der Waals surface area contributed by atoms with E-state index in [1.807, 2.05) is 85.1 Å². The first-order chi connectivity index (χ1) is 19.8. The summed E-state index contributed by atoms with van der Waals surface area (Å²) in [5.41, 5.74) is 6.52. The second-order valence-electron chi connectivity index (χ2n) is 10.2. The number of para-hydroxylation sites is 1. The number of benzene rings is 3. The molecule has 6 nitrogen and oxygen atoms in total. The summed E-state index contributed by atoms with van der Waals surface area (Å²) in [6.45, 7) is 6.10. The highest BCUT2D eigenvalue weighted by molar-refractivity contribution is 7.80. The average Bonchev–Trinajstić information content (AvgIpc) is 3.47. The SMILES string of the molecule is Cc1ccccc1Oc1ccc(N2C(=S)N[C@H](c3ccccn3)[C@H]2c2cc(C)n(-c3cc(Cl)ccc3O)c2C)cc1. The van der Waals surface area contributed by atoms with Crippen molar-refractivity contribution in [2.75, 3.05) is 4.90 Å². The molecule has 0 spiro atoms. The number of aromatic hydroxyl groups is 1. The Morgan fingerprint density at radius 2 is 1.68 bits per heavy atom. The van der Waals surface area contributed by atoms with Gasteiger partial charge in [-0.2, -0.15) is 0 Å². The summed E-state index contributed by atoms with van der Waals surface area (Å²) in [7, 11) is 0. The number of nitrogens with one attached hydrogen (secondary N) is 1. The van der Waals surface area contributed by atoms with Crippen molar-refractivity contribution in [3.8, 4) is 22.9 Å². The highest BCUT2D eigenvalue weighted by atomic mass is 35.5. The van der Waals surface area contributed by atoms with Crippen molar-refractivity contribution < 1.29 is 9.84 Å². The predicted molar refractivity (Wildman–Crippen MR) is 168 cm³/mol. The molecule has 3 aromatic carbocycles. The summed E-state index contributed by atoms with van der Waals surface area (Å²) in [6, 6.07) is 28.6.